The minimum absolute atomic E-state index is 0.0445. The van der Waals surface area contributed by atoms with Crippen molar-refractivity contribution in [3.63, 3.8) is 0 Å². The molecule has 0 bridgehead atoms. The molecule has 4 heteroatoms. The first-order valence-electron chi connectivity index (χ1n) is 6.40. The molecule has 1 aliphatic carbocycles. The highest BCUT2D eigenvalue weighted by Gasteiger charge is 2.19. The van der Waals surface area contributed by atoms with Gasteiger partial charge in [0.2, 0.25) is 0 Å². The first kappa shape index (κ1) is 11.7. The lowest BCUT2D eigenvalue weighted by atomic mass is 9.82. The number of amides is 2. The van der Waals surface area contributed by atoms with Crippen LogP contribution in [0.4, 0.5) is 4.79 Å². The van der Waals surface area contributed by atoms with Crippen LogP contribution in [0.5, 0.6) is 0 Å². The minimum Gasteiger partial charge on any atom is -0.378 e. The molecule has 0 atom stereocenters. The number of nitrogens with zero attached hydrogens (tertiary/aromatic N) is 2. The van der Waals surface area contributed by atoms with Gasteiger partial charge in [-0.05, 0) is 18.8 Å². The number of carbonyl (C=O) groups excluding carboxylic acids is 1. The summed E-state index contributed by atoms with van der Waals surface area (Å²) in [6.45, 7) is 3.41. The fourth-order valence-corrected chi connectivity index (χ4v) is 2.19. The van der Waals surface area contributed by atoms with Crippen LogP contribution in [0.3, 0.4) is 0 Å². The Morgan fingerprint density at radius 3 is 2.69 bits per heavy atom. The van der Waals surface area contributed by atoms with Crippen LogP contribution in [-0.2, 0) is 4.74 Å². The van der Waals surface area contributed by atoms with Gasteiger partial charge in [0.05, 0.1) is 13.2 Å². The second kappa shape index (κ2) is 6.09. The van der Waals surface area contributed by atoms with Crippen molar-refractivity contribution in [2.24, 2.45) is 5.92 Å². The van der Waals surface area contributed by atoms with Gasteiger partial charge < -0.3 is 9.64 Å². The van der Waals surface area contributed by atoms with Crippen molar-refractivity contribution < 1.29 is 9.53 Å². The lowest BCUT2D eigenvalue weighted by Crippen LogP contribution is -2.43. The van der Waals surface area contributed by atoms with Gasteiger partial charge in [-0.1, -0.05) is 19.3 Å². The van der Waals surface area contributed by atoms with Crippen LogP contribution < -0.4 is 5.32 Å². The number of ether oxygens (including phenoxy) is 1. The monoisotopic (exact) mass is 225 g/mol. The van der Waals surface area contributed by atoms with E-state index in [2.05, 4.69) is 5.32 Å². The molecule has 0 aromatic heterocycles. The molecule has 2 amide bonds. The van der Waals surface area contributed by atoms with Crippen LogP contribution in [0.1, 0.15) is 32.1 Å². The fraction of sp³-hybridized carbons (Fsp3) is 0.917. The van der Waals surface area contributed by atoms with Gasteiger partial charge in [0.15, 0.2) is 0 Å². The summed E-state index contributed by atoms with van der Waals surface area (Å²) in [5.41, 5.74) is 0. The largest absolute Gasteiger partial charge is 0.378 e. The maximum absolute atomic E-state index is 11.6. The van der Waals surface area contributed by atoms with Crippen molar-refractivity contribution in [2.75, 3.05) is 32.8 Å². The van der Waals surface area contributed by atoms with Gasteiger partial charge in [0.25, 0.3) is 0 Å². The lowest BCUT2D eigenvalue weighted by Gasteiger charge is -2.27. The average molecular weight is 225 g/mol. The van der Waals surface area contributed by atoms with E-state index < -0.39 is 0 Å². The summed E-state index contributed by atoms with van der Waals surface area (Å²) in [7, 11) is 0. The van der Waals surface area contributed by atoms with Gasteiger partial charge in [0.1, 0.15) is 0 Å². The summed E-state index contributed by atoms with van der Waals surface area (Å²) in [4.78, 5) is 13.4. The Kier molecular flexibility index (Phi) is 4.45. The zero-order valence-corrected chi connectivity index (χ0v) is 9.86. The molecule has 2 rings (SSSR count). The number of morpholine rings is 1. The molecule has 4 nitrogen and oxygen atoms in total. The standard InChI is InChI=1S/C12H21N2O2/c15-12(14-7-9-16-10-8-14)13-6-2-5-11-3-1-4-11/h11H,1-10H2. The highest BCUT2D eigenvalue weighted by molar-refractivity contribution is 5.73. The van der Waals surface area contributed by atoms with E-state index in [1.807, 2.05) is 0 Å². The maximum atomic E-state index is 11.6. The molecule has 0 N–H and O–H groups in total. The zero-order chi connectivity index (χ0) is 11.2. The van der Waals surface area contributed by atoms with E-state index in [9.17, 15) is 4.79 Å². The third-order valence-electron chi connectivity index (χ3n) is 3.52. The van der Waals surface area contributed by atoms with Crippen molar-refractivity contribution in [3.8, 4) is 0 Å². The van der Waals surface area contributed by atoms with Gasteiger partial charge in [-0.2, -0.15) is 0 Å². The first-order valence-corrected chi connectivity index (χ1v) is 6.40. The minimum atomic E-state index is -0.0445. The third-order valence-corrected chi connectivity index (χ3v) is 3.52. The quantitative estimate of drug-likeness (QED) is 0.682. The van der Waals surface area contributed by atoms with Gasteiger partial charge in [-0.3, -0.25) is 0 Å². The van der Waals surface area contributed by atoms with E-state index in [0.29, 0.717) is 32.8 Å². The molecule has 1 aliphatic heterocycles. The SMILES string of the molecule is O=C([N]CCCC1CCC1)N1CCOCC1. The third kappa shape index (κ3) is 3.37. The van der Waals surface area contributed by atoms with E-state index in [0.717, 1.165) is 12.3 Å². The molecular formula is C12H21N2O2. The molecule has 1 radical (unpaired) electrons. The van der Waals surface area contributed by atoms with E-state index >= 15 is 0 Å². The predicted molar refractivity (Wildman–Crippen MR) is 61.4 cm³/mol. The molecule has 16 heavy (non-hydrogen) atoms. The normalized spacial score (nSPS) is 21.6. The average Bonchev–Trinajstić information content (AvgIpc) is 2.27. The Balaban J connectivity index is 1.52. The van der Waals surface area contributed by atoms with Crippen LogP contribution in [0.25, 0.3) is 0 Å². The summed E-state index contributed by atoms with van der Waals surface area (Å²) >= 11 is 0. The Morgan fingerprint density at radius 2 is 2.06 bits per heavy atom. The topological polar surface area (TPSA) is 43.6 Å². The molecule has 2 fully saturated rings. The predicted octanol–water partition coefficient (Wildman–Crippen LogP) is 1.62. The van der Waals surface area contributed by atoms with Crippen LogP contribution in [-0.4, -0.2) is 43.8 Å². The lowest BCUT2D eigenvalue weighted by molar-refractivity contribution is 0.0529. The van der Waals surface area contributed by atoms with Crippen LogP contribution in [0, 0.1) is 5.92 Å². The second-order valence-electron chi connectivity index (χ2n) is 4.70. The summed E-state index contributed by atoms with van der Waals surface area (Å²) in [6.07, 6.45) is 6.49. The van der Waals surface area contributed by atoms with Crippen molar-refractivity contribution in [1.82, 2.24) is 10.2 Å². The molecule has 0 spiro atoms. The van der Waals surface area contributed by atoms with Crippen LogP contribution >= 0.6 is 0 Å². The molecule has 91 valence electrons. The maximum Gasteiger partial charge on any atom is 0.339 e. The van der Waals surface area contributed by atoms with Crippen molar-refractivity contribution >= 4 is 6.03 Å². The van der Waals surface area contributed by atoms with Crippen molar-refractivity contribution in [2.45, 2.75) is 32.1 Å². The number of carbonyl (C=O) groups is 1. The van der Waals surface area contributed by atoms with Gasteiger partial charge in [0, 0.05) is 19.6 Å². The van der Waals surface area contributed by atoms with Gasteiger partial charge >= 0.3 is 6.03 Å². The van der Waals surface area contributed by atoms with E-state index in [1.165, 1.54) is 25.7 Å². The summed E-state index contributed by atoms with van der Waals surface area (Å²) in [5.74, 6) is 0.925. The molecule has 1 saturated carbocycles. The Bertz CT molecular complexity index is 223. The number of hydrogen-bond donors (Lipinski definition) is 0. The molecule has 0 unspecified atom stereocenters. The van der Waals surface area contributed by atoms with Gasteiger partial charge in [-0.15, -0.1) is 0 Å². The van der Waals surface area contributed by atoms with Crippen molar-refractivity contribution in [1.29, 1.82) is 0 Å². The molecule has 1 saturated heterocycles. The number of hydrogen-bond acceptors (Lipinski definition) is 2. The molecule has 0 aromatic rings. The van der Waals surface area contributed by atoms with E-state index in [-0.39, 0.29) is 6.03 Å². The Labute approximate surface area is 97.3 Å². The summed E-state index contributed by atoms with van der Waals surface area (Å²) in [6, 6.07) is -0.0445. The molecule has 0 aromatic carbocycles. The van der Waals surface area contributed by atoms with E-state index in [1.54, 1.807) is 4.90 Å². The molecule has 2 aliphatic rings. The molecular weight excluding hydrogens is 204 g/mol. The van der Waals surface area contributed by atoms with Crippen LogP contribution in [0.2, 0.25) is 0 Å². The van der Waals surface area contributed by atoms with E-state index in [4.69, 9.17) is 4.74 Å². The number of rotatable bonds is 4. The zero-order valence-electron chi connectivity index (χ0n) is 9.86. The Hall–Kier alpha value is -0.770. The second-order valence-corrected chi connectivity index (χ2v) is 4.70. The summed E-state index contributed by atoms with van der Waals surface area (Å²) in [5, 5.41) is 4.11. The summed E-state index contributed by atoms with van der Waals surface area (Å²) < 4.78 is 5.19. The smallest absolute Gasteiger partial charge is 0.339 e. The molecule has 1 heterocycles. The van der Waals surface area contributed by atoms with Crippen molar-refractivity contribution in [3.05, 3.63) is 0 Å². The number of urea groups is 1. The van der Waals surface area contributed by atoms with Gasteiger partial charge in [-0.25, -0.2) is 10.1 Å². The highest BCUT2D eigenvalue weighted by atomic mass is 16.5. The Morgan fingerprint density at radius 1 is 1.31 bits per heavy atom. The van der Waals surface area contributed by atoms with Crippen LogP contribution in [0.15, 0.2) is 0 Å². The highest BCUT2D eigenvalue weighted by Crippen LogP contribution is 2.30. The first-order chi connectivity index (χ1) is 7.86. The fourth-order valence-electron chi connectivity index (χ4n) is 2.19.